The first-order valence-corrected chi connectivity index (χ1v) is 16.9. The average molecular weight is 649 g/mol. The van der Waals surface area contributed by atoms with Crippen LogP contribution in [-0.4, -0.2) is 49.3 Å². The zero-order valence-corrected chi connectivity index (χ0v) is 28.0. The number of anilines is 1. The van der Waals surface area contributed by atoms with E-state index in [2.05, 4.69) is 11.4 Å². The molecule has 5 aromatic carbocycles. The standard InChI is InChI=1S/C39H40N2O7/c1-17-14-21-27-32-28(37(44)36(21)41-20-12-8-9-13-20)22(42)15-24(46-3)30(32)31-25(47-4)16-23(43)29-34(31)33(27)35(39(48-5)38(29)45)26(17)18(2)40-19-10-6-7-11-19/h14-16,19-20,26,41,44-45H,6-13H2,1-5H3/b40-18+. The maximum absolute atomic E-state index is 14.0. The van der Waals surface area contributed by atoms with Crippen molar-refractivity contribution in [2.24, 2.45) is 4.99 Å². The number of allylic oxidation sites excluding steroid dienone is 1. The zero-order valence-electron chi connectivity index (χ0n) is 28.0. The molecular formula is C39H40N2O7. The van der Waals surface area contributed by atoms with E-state index < -0.39 is 11.3 Å². The van der Waals surface area contributed by atoms with Gasteiger partial charge in [-0.1, -0.05) is 37.3 Å². The van der Waals surface area contributed by atoms with Crippen molar-refractivity contribution in [3.63, 3.8) is 0 Å². The predicted octanol–water partition coefficient (Wildman–Crippen LogP) is 7.59. The lowest BCUT2D eigenvalue weighted by Gasteiger charge is -2.27. The number of fused-ring (bicyclic) bond motifs is 1. The number of hydrogen-bond acceptors (Lipinski definition) is 9. The highest BCUT2D eigenvalue weighted by molar-refractivity contribution is 6.40. The van der Waals surface area contributed by atoms with Crippen molar-refractivity contribution in [1.29, 1.82) is 0 Å². The number of nitrogens with zero attached hydrogens (tertiary/aromatic N) is 1. The summed E-state index contributed by atoms with van der Waals surface area (Å²) in [7, 11) is 4.48. The molecule has 2 saturated carbocycles. The largest absolute Gasteiger partial charge is 0.505 e. The Hall–Kier alpha value is -4.79. The van der Waals surface area contributed by atoms with Gasteiger partial charge < -0.3 is 29.7 Å². The number of rotatable bonds is 7. The second-order valence-electron chi connectivity index (χ2n) is 13.7. The fraction of sp³-hybridized carbons (Fsp3) is 0.410. The molecule has 0 radical (unpaired) electrons. The van der Waals surface area contributed by atoms with E-state index in [4.69, 9.17) is 19.2 Å². The van der Waals surface area contributed by atoms with Crippen LogP contribution >= 0.6 is 0 Å². The van der Waals surface area contributed by atoms with Crippen LogP contribution in [0.15, 0.2) is 32.3 Å². The molecule has 9 nitrogen and oxygen atoms in total. The van der Waals surface area contributed by atoms with Crippen molar-refractivity contribution in [2.75, 3.05) is 26.6 Å². The Bertz CT molecular complexity index is 2330. The first-order chi connectivity index (χ1) is 23.2. The van der Waals surface area contributed by atoms with Gasteiger partial charge in [-0.25, -0.2) is 0 Å². The lowest BCUT2D eigenvalue weighted by atomic mass is 9.80. The molecule has 0 aromatic heterocycles. The molecule has 48 heavy (non-hydrogen) atoms. The highest BCUT2D eigenvalue weighted by Gasteiger charge is 2.37. The summed E-state index contributed by atoms with van der Waals surface area (Å²) in [6, 6.07) is 3.06. The van der Waals surface area contributed by atoms with Crippen LogP contribution in [0.25, 0.3) is 49.2 Å². The maximum Gasteiger partial charge on any atom is 0.194 e. The number of aliphatic imine (C=N–C) groups is 1. The lowest BCUT2D eigenvalue weighted by Crippen LogP contribution is -2.17. The zero-order chi connectivity index (χ0) is 33.6. The van der Waals surface area contributed by atoms with E-state index in [1.54, 1.807) is 0 Å². The van der Waals surface area contributed by atoms with Crippen LogP contribution in [0.2, 0.25) is 0 Å². The molecule has 3 aliphatic rings. The van der Waals surface area contributed by atoms with E-state index in [0.29, 0.717) is 49.1 Å². The van der Waals surface area contributed by atoms with Crippen LogP contribution in [-0.2, 0) is 0 Å². The molecule has 0 spiro atoms. The van der Waals surface area contributed by atoms with Crippen molar-refractivity contribution >= 4 is 60.6 Å². The summed E-state index contributed by atoms with van der Waals surface area (Å²) in [5.74, 6) is -0.0432. The Morgan fingerprint density at radius 1 is 0.750 bits per heavy atom. The van der Waals surface area contributed by atoms with Gasteiger partial charge in [-0.05, 0) is 44.9 Å². The Kier molecular flexibility index (Phi) is 7.09. The fourth-order valence-corrected chi connectivity index (χ4v) is 9.10. The van der Waals surface area contributed by atoms with E-state index >= 15 is 0 Å². The smallest absolute Gasteiger partial charge is 0.194 e. The quantitative estimate of drug-likeness (QED) is 0.0713. The topological polar surface area (TPSA) is 127 Å². The molecule has 9 heteroatoms. The van der Waals surface area contributed by atoms with Crippen molar-refractivity contribution < 1.29 is 24.4 Å². The van der Waals surface area contributed by atoms with E-state index in [-0.39, 0.29) is 57.0 Å². The van der Waals surface area contributed by atoms with Gasteiger partial charge in [0.05, 0.1) is 37.8 Å². The third kappa shape index (κ3) is 4.12. The summed E-state index contributed by atoms with van der Waals surface area (Å²) in [4.78, 5) is 33.2. The minimum Gasteiger partial charge on any atom is -0.505 e. The normalized spacial score (nSPS) is 18.9. The van der Waals surface area contributed by atoms with Gasteiger partial charge in [-0.3, -0.25) is 14.6 Å². The molecule has 2 fully saturated rings. The Morgan fingerprint density at radius 2 is 1.31 bits per heavy atom. The lowest BCUT2D eigenvalue weighted by molar-refractivity contribution is 0.373. The first kappa shape index (κ1) is 30.5. The Balaban J connectivity index is 1.70. The van der Waals surface area contributed by atoms with Gasteiger partial charge >= 0.3 is 0 Å². The summed E-state index contributed by atoms with van der Waals surface area (Å²) in [6.45, 7) is 4.06. The highest BCUT2D eigenvalue weighted by Crippen LogP contribution is 2.58. The average Bonchev–Trinajstić information content (AvgIpc) is 3.76. The van der Waals surface area contributed by atoms with Crippen LogP contribution < -0.4 is 30.4 Å². The molecule has 0 saturated heterocycles. The second-order valence-corrected chi connectivity index (χ2v) is 13.7. The van der Waals surface area contributed by atoms with Crippen molar-refractivity contribution in [3.05, 3.63) is 49.3 Å². The number of benzene rings is 5. The summed E-state index contributed by atoms with van der Waals surface area (Å²) in [5, 5.41) is 31.5. The SMILES string of the molecule is COc1c(O)c2c(=O)cc(OC)c3c4c(OC)cc(=O)c5c(O)c(NC6CCCC6)c6c(c(c1C(/C(C)=N/C1CCCC1)C(C)=C6)c23)c54. The second kappa shape index (κ2) is 11.1. The molecule has 8 rings (SSSR count). The number of methoxy groups -OCH3 is 3. The molecular weight excluding hydrogens is 608 g/mol. The first-order valence-electron chi connectivity index (χ1n) is 16.9. The van der Waals surface area contributed by atoms with Crippen LogP contribution in [0, 0.1) is 0 Å². The van der Waals surface area contributed by atoms with E-state index in [0.717, 1.165) is 62.7 Å². The van der Waals surface area contributed by atoms with E-state index in [1.165, 1.54) is 33.5 Å². The van der Waals surface area contributed by atoms with Gasteiger partial charge in [-0.2, -0.15) is 0 Å². The predicted molar refractivity (Wildman–Crippen MR) is 192 cm³/mol. The van der Waals surface area contributed by atoms with Crippen molar-refractivity contribution in [3.8, 4) is 28.7 Å². The molecule has 5 aromatic rings. The molecule has 0 bridgehead atoms. The molecule has 3 N–H and O–H groups in total. The van der Waals surface area contributed by atoms with Gasteiger partial charge in [0.25, 0.3) is 0 Å². The number of phenols is 2. The number of hydrogen-bond donors (Lipinski definition) is 3. The third-order valence-electron chi connectivity index (χ3n) is 11.1. The van der Waals surface area contributed by atoms with Crippen LogP contribution in [0.1, 0.15) is 82.3 Å². The molecule has 0 aliphatic heterocycles. The molecule has 0 heterocycles. The Labute approximate surface area is 277 Å². The van der Waals surface area contributed by atoms with Crippen LogP contribution in [0.5, 0.6) is 28.7 Å². The fourth-order valence-electron chi connectivity index (χ4n) is 9.10. The molecule has 3 aliphatic carbocycles. The summed E-state index contributed by atoms with van der Waals surface area (Å²) < 4.78 is 17.8. The minimum atomic E-state index is -0.428. The van der Waals surface area contributed by atoms with Gasteiger partial charge in [0, 0.05) is 73.9 Å². The maximum atomic E-state index is 14.0. The third-order valence-corrected chi connectivity index (χ3v) is 11.1. The number of nitrogens with one attached hydrogen (secondary N) is 1. The van der Waals surface area contributed by atoms with Crippen molar-refractivity contribution in [2.45, 2.75) is 83.2 Å². The van der Waals surface area contributed by atoms with E-state index in [1.807, 2.05) is 13.8 Å². The summed E-state index contributed by atoms with van der Waals surface area (Å²) in [5.41, 5.74) is 2.87. The van der Waals surface area contributed by atoms with Gasteiger partial charge in [0.2, 0.25) is 0 Å². The number of ether oxygens (including phenoxy) is 3. The van der Waals surface area contributed by atoms with Gasteiger partial charge in [-0.15, -0.1) is 0 Å². The van der Waals surface area contributed by atoms with Crippen molar-refractivity contribution in [1.82, 2.24) is 0 Å². The number of aromatic hydroxyl groups is 2. The molecule has 0 amide bonds. The highest BCUT2D eigenvalue weighted by atomic mass is 16.5. The minimum absolute atomic E-state index is 0.0986. The van der Waals surface area contributed by atoms with Crippen LogP contribution in [0.3, 0.4) is 0 Å². The van der Waals surface area contributed by atoms with Gasteiger partial charge in [0.15, 0.2) is 28.1 Å². The van der Waals surface area contributed by atoms with Crippen LogP contribution in [0.4, 0.5) is 5.69 Å². The molecule has 1 unspecified atom stereocenters. The number of phenolic OH excluding ortho intramolecular Hbond substituents is 2. The monoisotopic (exact) mass is 648 g/mol. The van der Waals surface area contributed by atoms with Gasteiger partial charge in [0.1, 0.15) is 11.5 Å². The Morgan fingerprint density at radius 3 is 1.90 bits per heavy atom. The van der Waals surface area contributed by atoms with E-state index in [9.17, 15) is 19.8 Å². The molecule has 248 valence electrons. The molecule has 1 atom stereocenters. The summed E-state index contributed by atoms with van der Waals surface area (Å²) >= 11 is 0. The summed E-state index contributed by atoms with van der Waals surface area (Å²) in [6.07, 6.45) is 10.4.